The summed E-state index contributed by atoms with van der Waals surface area (Å²) < 4.78 is 11.5. The average molecular weight is 208 g/mol. The average Bonchev–Trinajstić information content (AvgIpc) is 2.32. The predicted molar refractivity (Wildman–Crippen MR) is 56.0 cm³/mol. The van der Waals surface area contributed by atoms with E-state index in [1.165, 1.54) is 0 Å². The van der Waals surface area contributed by atoms with Gasteiger partial charge in [-0.2, -0.15) is 0 Å². The molecule has 2 heterocycles. The molecule has 1 aromatic rings. The van der Waals surface area contributed by atoms with Crippen molar-refractivity contribution in [2.75, 3.05) is 19.8 Å². The van der Waals surface area contributed by atoms with Crippen LogP contribution in [0.3, 0.4) is 0 Å². The molecule has 1 aliphatic rings. The van der Waals surface area contributed by atoms with E-state index in [0.717, 1.165) is 5.56 Å². The molecule has 2 N–H and O–H groups in total. The maximum absolute atomic E-state index is 5.74. The second-order valence-electron chi connectivity index (χ2n) is 3.93. The summed E-state index contributed by atoms with van der Waals surface area (Å²) in [4.78, 5) is 4.06. The lowest BCUT2D eigenvalue weighted by Gasteiger charge is -2.38. The van der Waals surface area contributed by atoms with Crippen molar-refractivity contribution in [2.45, 2.75) is 12.7 Å². The van der Waals surface area contributed by atoms with Crippen LogP contribution in [0.15, 0.2) is 24.5 Å². The monoisotopic (exact) mass is 208 g/mol. The van der Waals surface area contributed by atoms with Crippen LogP contribution in [0.25, 0.3) is 0 Å². The van der Waals surface area contributed by atoms with Gasteiger partial charge in [0.05, 0.1) is 19.8 Å². The Morgan fingerprint density at radius 2 is 2.27 bits per heavy atom. The predicted octanol–water partition coefficient (Wildman–Crippen LogP) is 0.876. The number of pyridine rings is 1. The number of rotatable bonds is 2. The zero-order valence-corrected chi connectivity index (χ0v) is 8.85. The fraction of sp³-hybridized carbons (Fsp3) is 0.545. The van der Waals surface area contributed by atoms with Crippen LogP contribution in [0.5, 0.6) is 0 Å². The van der Waals surface area contributed by atoms with Crippen molar-refractivity contribution in [3.63, 3.8) is 0 Å². The van der Waals surface area contributed by atoms with E-state index in [4.69, 9.17) is 15.2 Å². The Hall–Kier alpha value is -0.970. The Bertz CT molecular complexity index is 308. The number of nitrogens with zero attached hydrogens (tertiary/aromatic N) is 1. The van der Waals surface area contributed by atoms with Gasteiger partial charge in [-0.3, -0.25) is 4.98 Å². The van der Waals surface area contributed by atoms with E-state index in [9.17, 15) is 0 Å². The minimum absolute atomic E-state index is 0.311. The first-order chi connectivity index (χ1) is 7.27. The first-order valence-electron chi connectivity index (χ1n) is 5.15. The topological polar surface area (TPSA) is 57.4 Å². The number of hydrogen-bond donors (Lipinski definition) is 1. The van der Waals surface area contributed by atoms with Crippen LogP contribution >= 0.6 is 0 Å². The van der Waals surface area contributed by atoms with Crippen molar-refractivity contribution in [1.29, 1.82) is 0 Å². The normalized spacial score (nSPS) is 31.5. The second kappa shape index (κ2) is 4.26. The molecule has 4 nitrogen and oxygen atoms in total. The molecule has 0 radical (unpaired) electrons. The fourth-order valence-electron chi connectivity index (χ4n) is 1.63. The Kier molecular flexibility index (Phi) is 3.00. The van der Waals surface area contributed by atoms with E-state index in [-0.39, 0.29) is 0 Å². The first kappa shape index (κ1) is 10.5. The van der Waals surface area contributed by atoms with Crippen molar-refractivity contribution >= 4 is 0 Å². The van der Waals surface area contributed by atoms with E-state index >= 15 is 0 Å². The molecule has 0 amide bonds. The molecule has 2 rings (SSSR count). The van der Waals surface area contributed by atoms with Crippen molar-refractivity contribution in [1.82, 2.24) is 4.98 Å². The van der Waals surface area contributed by atoms with Crippen LogP contribution in [0.1, 0.15) is 12.5 Å². The Labute approximate surface area is 89.4 Å². The van der Waals surface area contributed by atoms with E-state index in [1.54, 1.807) is 12.4 Å². The van der Waals surface area contributed by atoms with Gasteiger partial charge in [0.25, 0.3) is 0 Å². The zero-order valence-electron chi connectivity index (χ0n) is 8.85. The number of hydrogen-bond acceptors (Lipinski definition) is 4. The summed E-state index contributed by atoms with van der Waals surface area (Å²) in [5.74, 6) is -0.373. The summed E-state index contributed by atoms with van der Waals surface area (Å²) in [6.45, 7) is 3.74. The molecule has 0 aliphatic carbocycles. The highest BCUT2D eigenvalue weighted by Gasteiger charge is 2.37. The highest BCUT2D eigenvalue weighted by Crippen LogP contribution is 2.30. The molecule has 0 saturated carbocycles. The van der Waals surface area contributed by atoms with Gasteiger partial charge in [0.1, 0.15) is 0 Å². The Balaban J connectivity index is 2.23. The standard InChI is InChI=1S/C11H16N2O2/c1-9-6-14-11(8-12,15-7-9)10-3-2-4-13-5-10/h2-5,9H,6-8,12H2,1H3. The van der Waals surface area contributed by atoms with Crippen LogP contribution in [-0.4, -0.2) is 24.7 Å². The van der Waals surface area contributed by atoms with Gasteiger partial charge < -0.3 is 15.2 Å². The Morgan fingerprint density at radius 1 is 1.53 bits per heavy atom. The van der Waals surface area contributed by atoms with Crippen molar-refractivity contribution < 1.29 is 9.47 Å². The summed E-state index contributed by atoms with van der Waals surface area (Å²) in [6, 6.07) is 3.79. The lowest BCUT2D eigenvalue weighted by molar-refractivity contribution is -0.284. The van der Waals surface area contributed by atoms with Gasteiger partial charge >= 0.3 is 0 Å². The molecule has 82 valence electrons. The summed E-state index contributed by atoms with van der Waals surface area (Å²) in [6.07, 6.45) is 3.46. The highest BCUT2D eigenvalue weighted by atomic mass is 16.7. The van der Waals surface area contributed by atoms with E-state index in [1.807, 2.05) is 12.1 Å². The van der Waals surface area contributed by atoms with Gasteiger partial charge in [0.2, 0.25) is 5.79 Å². The van der Waals surface area contributed by atoms with Crippen LogP contribution in [0, 0.1) is 5.92 Å². The number of aromatic nitrogens is 1. The third-order valence-electron chi connectivity index (χ3n) is 2.57. The third kappa shape index (κ3) is 2.02. The van der Waals surface area contributed by atoms with Crippen molar-refractivity contribution in [3.8, 4) is 0 Å². The molecule has 1 saturated heterocycles. The largest absolute Gasteiger partial charge is 0.344 e. The lowest BCUT2D eigenvalue weighted by Crippen LogP contribution is -2.46. The van der Waals surface area contributed by atoms with E-state index in [2.05, 4.69) is 11.9 Å². The molecule has 0 bridgehead atoms. The molecule has 1 fully saturated rings. The van der Waals surface area contributed by atoms with Crippen molar-refractivity contribution in [3.05, 3.63) is 30.1 Å². The molecule has 1 aliphatic heterocycles. The van der Waals surface area contributed by atoms with Crippen LogP contribution in [-0.2, 0) is 15.3 Å². The summed E-state index contributed by atoms with van der Waals surface area (Å²) in [5.41, 5.74) is 6.63. The second-order valence-corrected chi connectivity index (χ2v) is 3.93. The number of ether oxygens (including phenoxy) is 2. The van der Waals surface area contributed by atoms with Crippen LogP contribution in [0.2, 0.25) is 0 Å². The van der Waals surface area contributed by atoms with Crippen LogP contribution in [0.4, 0.5) is 0 Å². The van der Waals surface area contributed by atoms with Gasteiger partial charge in [0, 0.05) is 23.9 Å². The first-order valence-corrected chi connectivity index (χ1v) is 5.15. The van der Waals surface area contributed by atoms with Gasteiger partial charge in [-0.1, -0.05) is 13.0 Å². The quantitative estimate of drug-likeness (QED) is 0.783. The molecule has 0 aromatic carbocycles. The molecule has 4 heteroatoms. The molecular formula is C11H16N2O2. The minimum Gasteiger partial charge on any atom is -0.344 e. The molecule has 15 heavy (non-hydrogen) atoms. The van der Waals surface area contributed by atoms with Crippen LogP contribution < -0.4 is 5.73 Å². The van der Waals surface area contributed by atoms with E-state index in [0.29, 0.717) is 25.7 Å². The third-order valence-corrected chi connectivity index (χ3v) is 2.57. The maximum Gasteiger partial charge on any atom is 0.209 e. The molecule has 0 spiro atoms. The Morgan fingerprint density at radius 3 is 2.80 bits per heavy atom. The summed E-state index contributed by atoms with van der Waals surface area (Å²) in [5, 5.41) is 0. The summed E-state index contributed by atoms with van der Waals surface area (Å²) in [7, 11) is 0. The van der Waals surface area contributed by atoms with Gasteiger partial charge in [-0.25, -0.2) is 0 Å². The molecular weight excluding hydrogens is 192 g/mol. The molecule has 1 aromatic heterocycles. The molecule has 0 unspecified atom stereocenters. The van der Waals surface area contributed by atoms with E-state index < -0.39 is 5.79 Å². The smallest absolute Gasteiger partial charge is 0.209 e. The zero-order chi connectivity index (χ0) is 10.7. The lowest BCUT2D eigenvalue weighted by atomic mass is 10.1. The maximum atomic E-state index is 5.74. The highest BCUT2D eigenvalue weighted by molar-refractivity contribution is 5.16. The van der Waals surface area contributed by atoms with Gasteiger partial charge in [0.15, 0.2) is 0 Å². The molecule has 0 atom stereocenters. The SMILES string of the molecule is CC1COC(CN)(c2cccnc2)OC1. The van der Waals surface area contributed by atoms with Gasteiger partial charge in [-0.05, 0) is 6.07 Å². The van der Waals surface area contributed by atoms with Gasteiger partial charge in [-0.15, -0.1) is 0 Å². The van der Waals surface area contributed by atoms with Crippen molar-refractivity contribution in [2.24, 2.45) is 11.7 Å². The number of nitrogens with two attached hydrogens (primary N) is 1. The fourth-order valence-corrected chi connectivity index (χ4v) is 1.63. The minimum atomic E-state index is -0.791. The summed E-state index contributed by atoms with van der Waals surface area (Å²) >= 11 is 0.